The lowest BCUT2D eigenvalue weighted by Crippen LogP contribution is -2.35. The van der Waals surface area contributed by atoms with Gasteiger partial charge in [0.1, 0.15) is 0 Å². The quantitative estimate of drug-likeness (QED) is 0.714. The van der Waals surface area contributed by atoms with Crippen LogP contribution < -0.4 is 5.32 Å². The molecule has 0 bridgehead atoms. The molecule has 1 fully saturated rings. The molecule has 1 aliphatic heterocycles. The number of nitrogens with zero attached hydrogens (tertiary/aromatic N) is 2. The second-order valence-electron chi connectivity index (χ2n) is 4.53. The fraction of sp³-hybridized carbons (Fsp3) is 0.909. The predicted octanol–water partition coefficient (Wildman–Crippen LogP) is 0.00600. The van der Waals surface area contributed by atoms with Crippen molar-refractivity contribution in [2.24, 2.45) is 5.92 Å². The molecule has 4 nitrogen and oxygen atoms in total. The highest BCUT2D eigenvalue weighted by atomic mass is 16.2. The average molecular weight is 213 g/mol. The van der Waals surface area contributed by atoms with Gasteiger partial charge in [0.2, 0.25) is 5.91 Å². The summed E-state index contributed by atoms with van der Waals surface area (Å²) in [6.45, 7) is 7.16. The maximum Gasteiger partial charge on any atom is 0.223 e. The van der Waals surface area contributed by atoms with Gasteiger partial charge in [0.15, 0.2) is 0 Å². The molecule has 0 spiro atoms. The van der Waals surface area contributed by atoms with Gasteiger partial charge in [-0.25, -0.2) is 0 Å². The third-order valence-electron chi connectivity index (χ3n) is 2.94. The maximum absolute atomic E-state index is 11.5. The Hall–Kier alpha value is -0.610. The predicted molar refractivity (Wildman–Crippen MR) is 61.8 cm³/mol. The van der Waals surface area contributed by atoms with Crippen LogP contribution in [0.4, 0.5) is 0 Å². The number of carbonyl (C=O) groups is 1. The van der Waals surface area contributed by atoms with E-state index in [0.29, 0.717) is 12.3 Å². The second-order valence-corrected chi connectivity index (χ2v) is 4.53. The molecule has 88 valence electrons. The van der Waals surface area contributed by atoms with Gasteiger partial charge in [0.05, 0.1) is 0 Å². The lowest BCUT2D eigenvalue weighted by atomic mass is 10.1. The standard InChI is InChI=1S/C11H23N3O/c1-10(8-12-2)9-14-5-4-11(15)13(3)6-7-14/h10,12H,4-9H2,1-3H3. The zero-order chi connectivity index (χ0) is 11.3. The van der Waals surface area contributed by atoms with E-state index in [4.69, 9.17) is 0 Å². The lowest BCUT2D eigenvalue weighted by molar-refractivity contribution is -0.129. The summed E-state index contributed by atoms with van der Waals surface area (Å²) in [5.41, 5.74) is 0. The van der Waals surface area contributed by atoms with Gasteiger partial charge in [-0.05, 0) is 19.5 Å². The number of carbonyl (C=O) groups excluding carboxylic acids is 1. The van der Waals surface area contributed by atoms with Crippen molar-refractivity contribution in [3.05, 3.63) is 0 Å². The number of amides is 1. The van der Waals surface area contributed by atoms with Gasteiger partial charge in [-0.2, -0.15) is 0 Å². The first-order valence-electron chi connectivity index (χ1n) is 5.74. The number of rotatable bonds is 4. The number of nitrogens with one attached hydrogen (secondary N) is 1. The van der Waals surface area contributed by atoms with E-state index in [1.165, 1.54) is 0 Å². The van der Waals surface area contributed by atoms with Crippen LogP contribution in [0.1, 0.15) is 13.3 Å². The summed E-state index contributed by atoms with van der Waals surface area (Å²) in [5, 5.41) is 3.19. The van der Waals surface area contributed by atoms with Crippen LogP contribution in [0.5, 0.6) is 0 Å². The highest BCUT2D eigenvalue weighted by Gasteiger charge is 2.18. The van der Waals surface area contributed by atoms with E-state index in [-0.39, 0.29) is 5.91 Å². The van der Waals surface area contributed by atoms with Gasteiger partial charge in [0, 0.05) is 39.6 Å². The largest absolute Gasteiger partial charge is 0.344 e. The van der Waals surface area contributed by atoms with Crippen molar-refractivity contribution < 1.29 is 4.79 Å². The van der Waals surface area contributed by atoms with Gasteiger partial charge < -0.3 is 15.1 Å². The van der Waals surface area contributed by atoms with Crippen LogP contribution >= 0.6 is 0 Å². The minimum atomic E-state index is 0.277. The van der Waals surface area contributed by atoms with Gasteiger partial charge in [-0.15, -0.1) is 0 Å². The summed E-state index contributed by atoms with van der Waals surface area (Å²) in [5.74, 6) is 0.923. The molecule has 1 unspecified atom stereocenters. The lowest BCUT2D eigenvalue weighted by Gasteiger charge is -2.23. The first-order chi connectivity index (χ1) is 7.13. The van der Waals surface area contributed by atoms with Crippen molar-refractivity contribution in [3.63, 3.8) is 0 Å². The molecule has 0 aromatic rings. The third kappa shape index (κ3) is 4.18. The van der Waals surface area contributed by atoms with E-state index in [2.05, 4.69) is 17.1 Å². The molecule has 15 heavy (non-hydrogen) atoms. The normalized spacial score (nSPS) is 21.5. The Morgan fingerprint density at radius 1 is 1.40 bits per heavy atom. The summed E-state index contributed by atoms with van der Waals surface area (Å²) in [6, 6.07) is 0. The van der Waals surface area contributed by atoms with Gasteiger partial charge in [-0.1, -0.05) is 6.92 Å². The number of hydrogen-bond donors (Lipinski definition) is 1. The summed E-state index contributed by atoms with van der Waals surface area (Å²) in [4.78, 5) is 15.7. The van der Waals surface area contributed by atoms with Gasteiger partial charge >= 0.3 is 0 Å². The molecule has 1 aliphatic rings. The number of likely N-dealkylation sites (N-methyl/N-ethyl adjacent to an activating group) is 1. The van der Waals surface area contributed by atoms with E-state index in [1.807, 2.05) is 19.0 Å². The van der Waals surface area contributed by atoms with Crippen molar-refractivity contribution in [3.8, 4) is 0 Å². The van der Waals surface area contributed by atoms with Crippen LogP contribution in [-0.2, 0) is 4.79 Å². The molecule has 0 aliphatic carbocycles. The van der Waals surface area contributed by atoms with Crippen molar-refractivity contribution in [1.82, 2.24) is 15.1 Å². The van der Waals surface area contributed by atoms with Gasteiger partial charge in [0.25, 0.3) is 0 Å². The van der Waals surface area contributed by atoms with Crippen LogP contribution in [0.3, 0.4) is 0 Å². The fourth-order valence-corrected chi connectivity index (χ4v) is 2.01. The Balaban J connectivity index is 2.34. The molecule has 1 saturated heterocycles. The molecule has 1 N–H and O–H groups in total. The molecule has 1 amide bonds. The average Bonchev–Trinajstić information content (AvgIpc) is 2.34. The Morgan fingerprint density at radius 2 is 2.13 bits per heavy atom. The molecular weight excluding hydrogens is 190 g/mol. The summed E-state index contributed by atoms with van der Waals surface area (Å²) >= 11 is 0. The van der Waals surface area contributed by atoms with E-state index in [1.54, 1.807) is 0 Å². The van der Waals surface area contributed by atoms with E-state index in [0.717, 1.165) is 32.7 Å². The second kappa shape index (κ2) is 6.08. The Morgan fingerprint density at radius 3 is 2.80 bits per heavy atom. The summed E-state index contributed by atoms with van der Waals surface area (Å²) in [6.07, 6.45) is 0.669. The fourth-order valence-electron chi connectivity index (χ4n) is 2.01. The molecule has 0 radical (unpaired) electrons. The Bertz CT molecular complexity index is 208. The molecule has 1 atom stereocenters. The minimum absolute atomic E-state index is 0.277. The van der Waals surface area contributed by atoms with Crippen molar-refractivity contribution in [1.29, 1.82) is 0 Å². The van der Waals surface area contributed by atoms with Crippen molar-refractivity contribution >= 4 is 5.91 Å². The monoisotopic (exact) mass is 213 g/mol. The topological polar surface area (TPSA) is 35.6 Å². The Labute approximate surface area is 92.6 Å². The molecule has 0 aromatic carbocycles. The number of hydrogen-bond acceptors (Lipinski definition) is 3. The molecule has 4 heteroatoms. The molecule has 1 heterocycles. The van der Waals surface area contributed by atoms with Crippen LogP contribution in [0.2, 0.25) is 0 Å². The minimum Gasteiger partial charge on any atom is -0.344 e. The highest BCUT2D eigenvalue weighted by Crippen LogP contribution is 2.05. The molecular formula is C11H23N3O. The molecule has 0 aromatic heterocycles. The van der Waals surface area contributed by atoms with Crippen LogP contribution in [-0.4, -0.2) is 62.5 Å². The first kappa shape index (κ1) is 12.5. The van der Waals surface area contributed by atoms with Crippen LogP contribution in [0.15, 0.2) is 0 Å². The van der Waals surface area contributed by atoms with E-state index in [9.17, 15) is 4.79 Å². The molecule has 1 rings (SSSR count). The zero-order valence-corrected chi connectivity index (χ0v) is 10.1. The summed E-state index contributed by atoms with van der Waals surface area (Å²) in [7, 11) is 3.87. The third-order valence-corrected chi connectivity index (χ3v) is 2.94. The van der Waals surface area contributed by atoms with Crippen molar-refractivity contribution in [2.45, 2.75) is 13.3 Å². The summed E-state index contributed by atoms with van der Waals surface area (Å²) < 4.78 is 0. The van der Waals surface area contributed by atoms with Crippen LogP contribution in [0, 0.1) is 5.92 Å². The highest BCUT2D eigenvalue weighted by molar-refractivity contribution is 5.76. The van der Waals surface area contributed by atoms with Gasteiger partial charge in [-0.3, -0.25) is 4.79 Å². The zero-order valence-electron chi connectivity index (χ0n) is 10.1. The van der Waals surface area contributed by atoms with Crippen molar-refractivity contribution in [2.75, 3.05) is 46.8 Å². The Kier molecular flexibility index (Phi) is 5.05. The maximum atomic E-state index is 11.5. The van der Waals surface area contributed by atoms with E-state index < -0.39 is 0 Å². The van der Waals surface area contributed by atoms with Crippen LogP contribution in [0.25, 0.3) is 0 Å². The SMILES string of the molecule is CNCC(C)CN1CCC(=O)N(C)CC1. The molecule has 0 saturated carbocycles. The smallest absolute Gasteiger partial charge is 0.223 e. The van der Waals surface area contributed by atoms with E-state index >= 15 is 0 Å². The first-order valence-corrected chi connectivity index (χ1v) is 5.74.